The van der Waals surface area contributed by atoms with Crippen LogP contribution in [-0.4, -0.2) is 56.8 Å². The van der Waals surface area contributed by atoms with E-state index < -0.39 is 0 Å². The number of nitrogens with zero attached hydrogens (tertiary/aromatic N) is 2. The molecule has 0 aromatic heterocycles. The van der Waals surface area contributed by atoms with Crippen molar-refractivity contribution < 1.29 is 19.1 Å². The van der Waals surface area contributed by atoms with Gasteiger partial charge in [0.05, 0.1) is 13.7 Å². The maximum absolute atomic E-state index is 12.6. The van der Waals surface area contributed by atoms with Gasteiger partial charge in [-0.25, -0.2) is 9.59 Å². The number of benzene rings is 2. The van der Waals surface area contributed by atoms with E-state index in [1.807, 2.05) is 53.4 Å². The molecule has 1 N–H and O–H groups in total. The molecule has 158 valence electrons. The molecule has 0 aliphatic carbocycles. The third kappa shape index (κ3) is 5.76. The van der Waals surface area contributed by atoms with Gasteiger partial charge in [0.25, 0.3) is 0 Å². The number of carbonyl (C=O) groups excluding carboxylic acids is 2. The van der Waals surface area contributed by atoms with E-state index in [4.69, 9.17) is 9.47 Å². The van der Waals surface area contributed by atoms with Gasteiger partial charge in [-0.1, -0.05) is 12.1 Å². The first kappa shape index (κ1) is 21.2. The summed E-state index contributed by atoms with van der Waals surface area (Å²) >= 11 is 0. The second kappa shape index (κ2) is 10.3. The number of urea groups is 1. The highest BCUT2D eigenvalue weighted by molar-refractivity contribution is 5.90. The molecule has 0 radical (unpaired) electrons. The summed E-state index contributed by atoms with van der Waals surface area (Å²) in [5.74, 6) is 0.461. The smallest absolute Gasteiger partial charge is 0.330 e. The maximum Gasteiger partial charge on any atom is 0.330 e. The molecule has 0 unspecified atom stereocenters. The summed E-state index contributed by atoms with van der Waals surface area (Å²) in [6.07, 6.45) is 3.07. The minimum absolute atomic E-state index is 0.112. The quantitative estimate of drug-likeness (QED) is 0.583. The van der Waals surface area contributed by atoms with E-state index in [0.717, 1.165) is 30.1 Å². The molecule has 2 aromatic carbocycles. The number of hydrogen-bond acceptors (Lipinski definition) is 5. The molecule has 1 heterocycles. The molecule has 2 amide bonds. The fourth-order valence-corrected chi connectivity index (χ4v) is 3.20. The molecule has 0 bridgehead atoms. The molecular formula is C23H27N3O4. The van der Waals surface area contributed by atoms with Crippen LogP contribution < -0.4 is 15.0 Å². The lowest BCUT2D eigenvalue weighted by atomic mass is 10.2. The van der Waals surface area contributed by atoms with Crippen LogP contribution in [0.4, 0.5) is 16.2 Å². The molecule has 7 heteroatoms. The van der Waals surface area contributed by atoms with Crippen LogP contribution >= 0.6 is 0 Å². The number of piperazine rings is 1. The highest BCUT2D eigenvalue weighted by atomic mass is 16.5. The zero-order chi connectivity index (χ0) is 21.3. The van der Waals surface area contributed by atoms with E-state index >= 15 is 0 Å². The summed E-state index contributed by atoms with van der Waals surface area (Å²) in [7, 11) is 1.65. The van der Waals surface area contributed by atoms with Crippen molar-refractivity contribution in [2.45, 2.75) is 6.92 Å². The Bertz CT molecular complexity index is 870. The van der Waals surface area contributed by atoms with E-state index in [1.165, 1.54) is 6.08 Å². The first-order chi connectivity index (χ1) is 14.6. The average molecular weight is 409 g/mol. The van der Waals surface area contributed by atoms with Gasteiger partial charge in [0, 0.05) is 43.6 Å². The molecule has 1 saturated heterocycles. The molecule has 1 aliphatic rings. The molecular weight excluding hydrogens is 382 g/mol. The van der Waals surface area contributed by atoms with Crippen molar-refractivity contribution in [3.05, 3.63) is 60.2 Å². The monoisotopic (exact) mass is 409 g/mol. The Morgan fingerprint density at radius 3 is 2.27 bits per heavy atom. The van der Waals surface area contributed by atoms with Crippen LogP contribution in [0.2, 0.25) is 0 Å². The first-order valence-electron chi connectivity index (χ1n) is 9.99. The highest BCUT2D eigenvalue weighted by Gasteiger charge is 2.21. The number of ether oxygens (including phenoxy) is 2. The zero-order valence-corrected chi connectivity index (χ0v) is 17.3. The number of hydrogen-bond donors (Lipinski definition) is 1. The molecule has 7 nitrogen and oxygen atoms in total. The first-order valence-corrected chi connectivity index (χ1v) is 9.99. The fraction of sp³-hybridized carbons (Fsp3) is 0.304. The average Bonchev–Trinajstić information content (AvgIpc) is 2.79. The Morgan fingerprint density at radius 1 is 1.00 bits per heavy atom. The predicted molar refractivity (Wildman–Crippen MR) is 118 cm³/mol. The van der Waals surface area contributed by atoms with Crippen molar-refractivity contribution in [1.29, 1.82) is 0 Å². The van der Waals surface area contributed by atoms with Crippen LogP contribution in [0.1, 0.15) is 12.5 Å². The van der Waals surface area contributed by atoms with Gasteiger partial charge in [-0.15, -0.1) is 0 Å². The van der Waals surface area contributed by atoms with Crippen LogP contribution in [0.5, 0.6) is 5.75 Å². The van der Waals surface area contributed by atoms with E-state index in [9.17, 15) is 9.59 Å². The molecule has 0 atom stereocenters. The number of methoxy groups -OCH3 is 1. The van der Waals surface area contributed by atoms with Gasteiger partial charge in [-0.3, -0.25) is 0 Å². The van der Waals surface area contributed by atoms with Crippen LogP contribution in [0.3, 0.4) is 0 Å². The maximum atomic E-state index is 12.6. The number of esters is 1. The Morgan fingerprint density at radius 2 is 1.67 bits per heavy atom. The van der Waals surface area contributed by atoms with Crippen LogP contribution in [-0.2, 0) is 9.53 Å². The van der Waals surface area contributed by atoms with E-state index in [1.54, 1.807) is 20.1 Å². The fourth-order valence-electron chi connectivity index (χ4n) is 3.20. The molecule has 0 saturated carbocycles. The van der Waals surface area contributed by atoms with Gasteiger partial charge in [0.1, 0.15) is 5.75 Å². The number of nitrogens with one attached hydrogen (secondary N) is 1. The van der Waals surface area contributed by atoms with Gasteiger partial charge in [0.15, 0.2) is 0 Å². The van der Waals surface area contributed by atoms with Crippen LogP contribution in [0.25, 0.3) is 6.08 Å². The lowest BCUT2D eigenvalue weighted by molar-refractivity contribution is -0.137. The summed E-state index contributed by atoms with van der Waals surface area (Å²) in [6, 6.07) is 15.2. The van der Waals surface area contributed by atoms with Crippen LogP contribution in [0.15, 0.2) is 54.6 Å². The number of anilines is 2. The number of amides is 2. The summed E-state index contributed by atoms with van der Waals surface area (Å²) in [6.45, 7) is 4.97. The van der Waals surface area contributed by atoms with Gasteiger partial charge in [0.2, 0.25) is 0 Å². The number of carbonyl (C=O) groups is 2. The van der Waals surface area contributed by atoms with E-state index in [2.05, 4.69) is 10.2 Å². The van der Waals surface area contributed by atoms with E-state index in [0.29, 0.717) is 25.4 Å². The van der Waals surface area contributed by atoms with Gasteiger partial charge < -0.3 is 24.6 Å². The third-order valence-corrected chi connectivity index (χ3v) is 4.86. The summed E-state index contributed by atoms with van der Waals surface area (Å²) in [5, 5.41) is 2.93. The SMILES string of the molecule is CCOC(=O)/C=C/c1ccc(NC(=O)N2CCN(c3ccc(OC)cc3)CC2)cc1. The number of rotatable bonds is 6. The Labute approximate surface area is 176 Å². The lowest BCUT2D eigenvalue weighted by Crippen LogP contribution is -2.50. The zero-order valence-electron chi connectivity index (χ0n) is 17.3. The van der Waals surface area contributed by atoms with Gasteiger partial charge in [-0.2, -0.15) is 0 Å². The largest absolute Gasteiger partial charge is 0.497 e. The second-order valence-electron chi connectivity index (χ2n) is 6.81. The molecule has 2 aromatic rings. The summed E-state index contributed by atoms with van der Waals surface area (Å²) in [4.78, 5) is 28.0. The lowest BCUT2D eigenvalue weighted by Gasteiger charge is -2.36. The van der Waals surface area contributed by atoms with Crippen LogP contribution in [0, 0.1) is 0 Å². The minimum Gasteiger partial charge on any atom is -0.497 e. The van der Waals surface area contributed by atoms with Crippen molar-refractivity contribution in [3.63, 3.8) is 0 Å². The Balaban J connectivity index is 1.49. The normalized spacial score (nSPS) is 13.9. The third-order valence-electron chi connectivity index (χ3n) is 4.86. The highest BCUT2D eigenvalue weighted by Crippen LogP contribution is 2.21. The van der Waals surface area contributed by atoms with Crippen molar-refractivity contribution in [1.82, 2.24) is 4.90 Å². The van der Waals surface area contributed by atoms with Crippen molar-refractivity contribution in [3.8, 4) is 5.75 Å². The van der Waals surface area contributed by atoms with Gasteiger partial charge >= 0.3 is 12.0 Å². The molecule has 1 fully saturated rings. The Kier molecular flexibility index (Phi) is 7.32. The topological polar surface area (TPSA) is 71.1 Å². The molecule has 1 aliphatic heterocycles. The van der Waals surface area contributed by atoms with Crippen molar-refractivity contribution in [2.75, 3.05) is 50.1 Å². The van der Waals surface area contributed by atoms with Gasteiger partial charge in [-0.05, 0) is 55.0 Å². The van der Waals surface area contributed by atoms with Crippen molar-refractivity contribution in [2.24, 2.45) is 0 Å². The van der Waals surface area contributed by atoms with E-state index in [-0.39, 0.29) is 12.0 Å². The molecule has 0 spiro atoms. The Hall–Kier alpha value is -3.48. The predicted octanol–water partition coefficient (Wildman–Crippen LogP) is 3.63. The second-order valence-corrected chi connectivity index (χ2v) is 6.81. The molecule has 30 heavy (non-hydrogen) atoms. The summed E-state index contributed by atoms with van der Waals surface area (Å²) in [5.41, 5.74) is 2.70. The standard InChI is InChI=1S/C23H27N3O4/c1-3-30-22(27)13-6-18-4-7-19(8-5-18)24-23(28)26-16-14-25(15-17-26)20-9-11-21(29-2)12-10-20/h4-13H,3,14-17H2,1-2H3,(H,24,28)/b13-6+. The summed E-state index contributed by atoms with van der Waals surface area (Å²) < 4.78 is 10.1. The minimum atomic E-state index is -0.372. The molecule has 3 rings (SSSR count). The van der Waals surface area contributed by atoms with Crippen molar-refractivity contribution >= 4 is 29.5 Å².